The monoisotopic (exact) mass is 284 g/mol. The fraction of sp³-hybridized carbons (Fsp3) is 0.200. The van der Waals surface area contributed by atoms with Crippen molar-refractivity contribution in [3.05, 3.63) is 30.3 Å². The van der Waals surface area contributed by atoms with Crippen molar-refractivity contribution in [1.82, 2.24) is 15.0 Å². The maximum atomic E-state index is 5.41. The molecule has 0 radical (unpaired) electrons. The predicted octanol–water partition coefficient (Wildman–Crippen LogP) is 2.68. The lowest BCUT2D eigenvalue weighted by Crippen LogP contribution is -1.91. The van der Waals surface area contributed by atoms with Crippen molar-refractivity contribution in [1.29, 1.82) is 0 Å². The summed E-state index contributed by atoms with van der Waals surface area (Å²) in [6, 6.07) is 9.46. The predicted molar refractivity (Wildman–Crippen MR) is 82.0 cm³/mol. The van der Waals surface area contributed by atoms with Crippen LogP contribution in [0.2, 0.25) is 0 Å². The van der Waals surface area contributed by atoms with Gasteiger partial charge in [-0.1, -0.05) is 0 Å². The molecule has 2 heterocycles. The second kappa shape index (κ2) is 5.32. The number of hydrogen-bond donors (Lipinski definition) is 2. The molecule has 3 rings (SSSR count). The molecule has 0 unspecified atom stereocenters. The molecule has 0 spiro atoms. The van der Waals surface area contributed by atoms with Gasteiger partial charge in [-0.25, -0.2) is 9.97 Å². The van der Waals surface area contributed by atoms with Crippen LogP contribution >= 0.6 is 0 Å². The first-order valence-electron chi connectivity index (χ1n) is 6.52. The summed E-state index contributed by atoms with van der Waals surface area (Å²) < 4.78 is 10.6. The van der Waals surface area contributed by atoms with Gasteiger partial charge in [-0.05, 0) is 24.3 Å². The average Bonchev–Trinajstić information content (AvgIpc) is 2.96. The van der Waals surface area contributed by atoms with Crippen molar-refractivity contribution in [2.24, 2.45) is 0 Å². The van der Waals surface area contributed by atoms with Gasteiger partial charge in [0.15, 0.2) is 5.65 Å². The number of benzene rings is 1. The van der Waals surface area contributed by atoms with E-state index in [9.17, 15) is 0 Å². The van der Waals surface area contributed by atoms with E-state index in [0.29, 0.717) is 17.2 Å². The molecule has 1 aromatic carbocycles. The molecule has 6 nitrogen and oxygen atoms in total. The number of rotatable bonds is 4. The summed E-state index contributed by atoms with van der Waals surface area (Å²) in [6.07, 6.45) is 0. The Balaban J connectivity index is 2.11. The van der Waals surface area contributed by atoms with Crippen LogP contribution in [0.4, 0.5) is 5.82 Å². The van der Waals surface area contributed by atoms with Crippen molar-refractivity contribution >= 4 is 17.0 Å². The Morgan fingerprint density at radius 2 is 1.90 bits per heavy atom. The minimum atomic E-state index is 0.662. The lowest BCUT2D eigenvalue weighted by atomic mass is 10.2. The van der Waals surface area contributed by atoms with E-state index in [1.807, 2.05) is 37.4 Å². The first-order valence-corrected chi connectivity index (χ1v) is 6.52. The molecular weight excluding hydrogens is 268 g/mol. The normalized spacial score (nSPS) is 10.6. The highest BCUT2D eigenvalue weighted by atomic mass is 16.5. The SMILES string of the molecule is CNc1ccc2[nH]c(-c3ccc(OC)cc3OC)nc2n1. The summed E-state index contributed by atoms with van der Waals surface area (Å²) in [5.74, 6) is 2.93. The van der Waals surface area contributed by atoms with Crippen LogP contribution in [0.25, 0.3) is 22.6 Å². The lowest BCUT2D eigenvalue weighted by molar-refractivity contribution is 0.395. The number of pyridine rings is 1. The van der Waals surface area contributed by atoms with Gasteiger partial charge < -0.3 is 19.8 Å². The van der Waals surface area contributed by atoms with Crippen LogP contribution in [-0.2, 0) is 0 Å². The van der Waals surface area contributed by atoms with Crippen LogP contribution in [0, 0.1) is 0 Å². The average molecular weight is 284 g/mol. The van der Waals surface area contributed by atoms with E-state index >= 15 is 0 Å². The molecule has 0 bridgehead atoms. The molecule has 6 heteroatoms. The van der Waals surface area contributed by atoms with Crippen molar-refractivity contribution in [3.63, 3.8) is 0 Å². The zero-order valence-electron chi connectivity index (χ0n) is 12.1. The molecule has 0 aliphatic heterocycles. The second-order valence-electron chi connectivity index (χ2n) is 4.47. The number of nitrogens with zero attached hydrogens (tertiary/aromatic N) is 2. The summed E-state index contributed by atoms with van der Waals surface area (Å²) in [6.45, 7) is 0. The Labute approximate surface area is 122 Å². The maximum absolute atomic E-state index is 5.41. The number of ether oxygens (including phenoxy) is 2. The summed E-state index contributed by atoms with van der Waals surface area (Å²) in [5.41, 5.74) is 2.40. The van der Waals surface area contributed by atoms with Crippen LogP contribution < -0.4 is 14.8 Å². The number of hydrogen-bond acceptors (Lipinski definition) is 5. The van der Waals surface area contributed by atoms with Gasteiger partial charge in [-0.2, -0.15) is 0 Å². The summed E-state index contributed by atoms with van der Waals surface area (Å²) in [4.78, 5) is 12.2. The van der Waals surface area contributed by atoms with Gasteiger partial charge >= 0.3 is 0 Å². The Hall–Kier alpha value is -2.76. The van der Waals surface area contributed by atoms with Crippen molar-refractivity contribution in [2.45, 2.75) is 0 Å². The molecule has 2 aromatic heterocycles. The standard InChI is InChI=1S/C15H16N4O2/c1-16-13-7-6-11-15(18-13)19-14(17-11)10-5-4-9(20-2)8-12(10)21-3/h4-8H,1-3H3,(H2,16,17,18,19). The number of aromatic amines is 1. The molecule has 0 aliphatic rings. The van der Waals surface area contributed by atoms with Crippen molar-refractivity contribution in [2.75, 3.05) is 26.6 Å². The first kappa shape index (κ1) is 13.2. The number of fused-ring (bicyclic) bond motifs is 1. The third-order valence-electron chi connectivity index (χ3n) is 3.27. The molecule has 0 saturated heterocycles. The van der Waals surface area contributed by atoms with E-state index in [-0.39, 0.29) is 0 Å². The molecule has 21 heavy (non-hydrogen) atoms. The number of H-pyrrole nitrogens is 1. The van der Waals surface area contributed by atoms with E-state index in [1.165, 1.54) is 0 Å². The van der Waals surface area contributed by atoms with Gasteiger partial charge in [0.2, 0.25) is 0 Å². The van der Waals surface area contributed by atoms with Gasteiger partial charge in [-0.15, -0.1) is 0 Å². The van der Waals surface area contributed by atoms with Crippen LogP contribution in [-0.4, -0.2) is 36.2 Å². The highest BCUT2D eigenvalue weighted by Crippen LogP contribution is 2.32. The van der Waals surface area contributed by atoms with Crippen LogP contribution in [0.1, 0.15) is 0 Å². The zero-order chi connectivity index (χ0) is 14.8. The number of methoxy groups -OCH3 is 2. The summed E-state index contributed by atoms with van der Waals surface area (Å²) >= 11 is 0. The number of aromatic nitrogens is 3. The largest absolute Gasteiger partial charge is 0.497 e. The molecular formula is C15H16N4O2. The Kier molecular flexibility index (Phi) is 3.35. The third kappa shape index (κ3) is 2.35. The van der Waals surface area contributed by atoms with Crippen LogP contribution in [0.15, 0.2) is 30.3 Å². The van der Waals surface area contributed by atoms with Gasteiger partial charge in [-0.3, -0.25) is 0 Å². The minimum Gasteiger partial charge on any atom is -0.497 e. The van der Waals surface area contributed by atoms with E-state index in [4.69, 9.17) is 9.47 Å². The van der Waals surface area contributed by atoms with E-state index in [1.54, 1.807) is 14.2 Å². The van der Waals surface area contributed by atoms with Gasteiger partial charge in [0.1, 0.15) is 23.1 Å². The van der Waals surface area contributed by atoms with Crippen molar-refractivity contribution in [3.8, 4) is 22.9 Å². The molecule has 108 valence electrons. The molecule has 0 atom stereocenters. The number of anilines is 1. The number of nitrogens with one attached hydrogen (secondary N) is 2. The Morgan fingerprint density at radius 3 is 2.62 bits per heavy atom. The second-order valence-corrected chi connectivity index (χ2v) is 4.47. The quantitative estimate of drug-likeness (QED) is 0.770. The fourth-order valence-corrected chi connectivity index (χ4v) is 2.15. The molecule has 0 amide bonds. The number of imidazole rings is 1. The topological polar surface area (TPSA) is 72.1 Å². The summed E-state index contributed by atoms with van der Waals surface area (Å²) in [5, 5.41) is 3.00. The Bertz CT molecular complexity index is 782. The lowest BCUT2D eigenvalue weighted by Gasteiger charge is -2.08. The molecule has 3 aromatic rings. The van der Waals surface area contributed by atoms with Gasteiger partial charge in [0.05, 0.1) is 25.3 Å². The summed E-state index contributed by atoms with van der Waals surface area (Å²) in [7, 11) is 5.07. The zero-order valence-corrected chi connectivity index (χ0v) is 12.1. The maximum Gasteiger partial charge on any atom is 0.180 e. The molecule has 0 aliphatic carbocycles. The van der Waals surface area contributed by atoms with E-state index in [2.05, 4.69) is 20.3 Å². The highest BCUT2D eigenvalue weighted by Gasteiger charge is 2.12. The molecule has 0 saturated carbocycles. The van der Waals surface area contributed by atoms with Crippen LogP contribution in [0.5, 0.6) is 11.5 Å². The highest BCUT2D eigenvalue weighted by molar-refractivity contribution is 5.79. The van der Waals surface area contributed by atoms with E-state index in [0.717, 1.165) is 22.6 Å². The minimum absolute atomic E-state index is 0.662. The fourth-order valence-electron chi connectivity index (χ4n) is 2.15. The smallest absolute Gasteiger partial charge is 0.180 e. The van der Waals surface area contributed by atoms with Crippen LogP contribution in [0.3, 0.4) is 0 Å². The third-order valence-corrected chi connectivity index (χ3v) is 3.27. The van der Waals surface area contributed by atoms with E-state index < -0.39 is 0 Å². The van der Waals surface area contributed by atoms with Gasteiger partial charge in [0.25, 0.3) is 0 Å². The van der Waals surface area contributed by atoms with Gasteiger partial charge in [0, 0.05) is 13.1 Å². The Morgan fingerprint density at radius 1 is 1.05 bits per heavy atom. The first-order chi connectivity index (χ1) is 10.2. The van der Waals surface area contributed by atoms with Crippen molar-refractivity contribution < 1.29 is 9.47 Å². The molecule has 0 fully saturated rings. The molecule has 2 N–H and O–H groups in total.